The number of amides is 2. The highest BCUT2D eigenvalue weighted by molar-refractivity contribution is 6.42. The van der Waals surface area contributed by atoms with Gasteiger partial charge in [-0.25, -0.2) is 0 Å². The molecule has 0 saturated carbocycles. The van der Waals surface area contributed by atoms with Gasteiger partial charge in [0.25, 0.3) is 5.91 Å². The van der Waals surface area contributed by atoms with E-state index in [0.717, 1.165) is 0 Å². The first kappa shape index (κ1) is 19.3. The van der Waals surface area contributed by atoms with E-state index in [4.69, 9.17) is 23.2 Å². The van der Waals surface area contributed by atoms with Crippen molar-refractivity contribution >= 4 is 52.1 Å². The SMILES string of the molecule is CC(=O)Nc1ccc(N/C=C(/C#N)C(=O)Nc2ccc(Cl)c(Cl)c2)cc1. The van der Waals surface area contributed by atoms with Gasteiger partial charge < -0.3 is 16.0 Å². The summed E-state index contributed by atoms with van der Waals surface area (Å²) < 4.78 is 0. The Bertz CT molecular complexity index is 902. The number of nitrogens with zero attached hydrogens (tertiary/aromatic N) is 1. The third kappa shape index (κ3) is 5.52. The van der Waals surface area contributed by atoms with E-state index in [1.54, 1.807) is 36.4 Å². The second-order valence-corrected chi connectivity index (χ2v) is 5.97. The Morgan fingerprint density at radius 1 is 0.962 bits per heavy atom. The zero-order valence-electron chi connectivity index (χ0n) is 13.6. The molecule has 0 radical (unpaired) electrons. The lowest BCUT2D eigenvalue weighted by molar-refractivity contribution is -0.114. The largest absolute Gasteiger partial charge is 0.360 e. The fourth-order valence-corrected chi connectivity index (χ4v) is 2.23. The maximum Gasteiger partial charge on any atom is 0.267 e. The molecule has 0 saturated heterocycles. The lowest BCUT2D eigenvalue weighted by Gasteiger charge is -2.07. The first-order chi connectivity index (χ1) is 12.4. The van der Waals surface area contributed by atoms with E-state index in [0.29, 0.717) is 27.1 Å². The molecule has 2 aromatic carbocycles. The number of carbonyl (C=O) groups excluding carboxylic acids is 2. The van der Waals surface area contributed by atoms with Crippen LogP contribution in [0.5, 0.6) is 0 Å². The van der Waals surface area contributed by atoms with Crippen molar-refractivity contribution in [3.63, 3.8) is 0 Å². The maximum absolute atomic E-state index is 12.2. The molecule has 0 bridgehead atoms. The number of nitrogens with one attached hydrogen (secondary N) is 3. The Balaban J connectivity index is 2.04. The highest BCUT2D eigenvalue weighted by Crippen LogP contribution is 2.25. The number of hydrogen-bond acceptors (Lipinski definition) is 4. The summed E-state index contributed by atoms with van der Waals surface area (Å²) in [5, 5.41) is 17.9. The van der Waals surface area contributed by atoms with Crippen LogP contribution in [-0.2, 0) is 9.59 Å². The predicted octanol–water partition coefficient (Wildman–Crippen LogP) is 4.41. The standard InChI is InChI=1S/C18H14Cl2N4O2/c1-11(25)23-14-4-2-13(3-5-14)22-10-12(9-21)18(26)24-15-6-7-16(19)17(20)8-15/h2-8,10,22H,1H3,(H,23,25)(H,24,26)/b12-10-. The molecule has 132 valence electrons. The zero-order chi connectivity index (χ0) is 19.1. The monoisotopic (exact) mass is 388 g/mol. The first-order valence-corrected chi connectivity index (χ1v) is 8.15. The number of anilines is 3. The molecule has 0 aliphatic carbocycles. The van der Waals surface area contributed by atoms with Gasteiger partial charge in [0.15, 0.2) is 0 Å². The molecule has 0 unspecified atom stereocenters. The van der Waals surface area contributed by atoms with Crippen LogP contribution in [0.25, 0.3) is 0 Å². The van der Waals surface area contributed by atoms with Crippen LogP contribution in [0.3, 0.4) is 0 Å². The summed E-state index contributed by atoms with van der Waals surface area (Å²) in [4.78, 5) is 23.2. The Hall–Kier alpha value is -3.01. The lowest BCUT2D eigenvalue weighted by Crippen LogP contribution is -2.14. The lowest BCUT2D eigenvalue weighted by atomic mass is 10.2. The highest BCUT2D eigenvalue weighted by atomic mass is 35.5. The molecule has 26 heavy (non-hydrogen) atoms. The smallest absolute Gasteiger partial charge is 0.267 e. The van der Waals surface area contributed by atoms with Crippen LogP contribution in [0.4, 0.5) is 17.1 Å². The van der Waals surface area contributed by atoms with Gasteiger partial charge in [-0.05, 0) is 42.5 Å². The summed E-state index contributed by atoms with van der Waals surface area (Å²) >= 11 is 11.7. The number of nitriles is 1. The van der Waals surface area contributed by atoms with E-state index in [9.17, 15) is 14.9 Å². The van der Waals surface area contributed by atoms with Crippen LogP contribution in [0.1, 0.15) is 6.92 Å². The van der Waals surface area contributed by atoms with Gasteiger partial charge in [-0.3, -0.25) is 9.59 Å². The minimum Gasteiger partial charge on any atom is -0.360 e. The summed E-state index contributed by atoms with van der Waals surface area (Å²) in [5.41, 5.74) is 1.59. The zero-order valence-corrected chi connectivity index (χ0v) is 15.2. The first-order valence-electron chi connectivity index (χ1n) is 7.40. The van der Waals surface area contributed by atoms with Gasteiger partial charge >= 0.3 is 0 Å². The van der Waals surface area contributed by atoms with Gasteiger partial charge in [-0.1, -0.05) is 23.2 Å². The second kappa shape index (κ2) is 8.90. The van der Waals surface area contributed by atoms with E-state index < -0.39 is 5.91 Å². The van der Waals surface area contributed by atoms with Crippen molar-refractivity contribution in [1.29, 1.82) is 5.26 Å². The number of benzene rings is 2. The summed E-state index contributed by atoms with van der Waals surface area (Å²) in [6.07, 6.45) is 1.29. The Morgan fingerprint density at radius 3 is 2.15 bits per heavy atom. The van der Waals surface area contributed by atoms with E-state index in [2.05, 4.69) is 16.0 Å². The number of hydrogen-bond donors (Lipinski definition) is 3. The molecule has 0 aromatic heterocycles. The quantitative estimate of drug-likeness (QED) is 0.522. The molecular formula is C18H14Cl2N4O2. The van der Waals surface area contributed by atoms with Crippen molar-refractivity contribution in [3.8, 4) is 6.07 Å². The maximum atomic E-state index is 12.2. The van der Waals surface area contributed by atoms with Crippen LogP contribution in [0, 0.1) is 11.3 Å². The van der Waals surface area contributed by atoms with E-state index in [1.165, 1.54) is 19.2 Å². The van der Waals surface area contributed by atoms with Crippen LogP contribution < -0.4 is 16.0 Å². The van der Waals surface area contributed by atoms with Crippen LogP contribution in [0.15, 0.2) is 54.2 Å². The molecule has 0 aliphatic rings. The van der Waals surface area contributed by atoms with Gasteiger partial charge in [0.2, 0.25) is 5.91 Å². The summed E-state index contributed by atoms with van der Waals surface area (Å²) in [5.74, 6) is -0.760. The summed E-state index contributed by atoms with van der Waals surface area (Å²) in [6.45, 7) is 1.42. The van der Waals surface area contributed by atoms with Crippen LogP contribution >= 0.6 is 23.2 Å². The van der Waals surface area contributed by atoms with Gasteiger partial charge in [0, 0.05) is 30.2 Å². The fraction of sp³-hybridized carbons (Fsp3) is 0.0556. The van der Waals surface area contributed by atoms with E-state index in [1.807, 2.05) is 6.07 Å². The van der Waals surface area contributed by atoms with Crippen molar-refractivity contribution in [2.24, 2.45) is 0 Å². The Kier molecular flexibility index (Phi) is 6.61. The molecule has 0 aliphatic heterocycles. The van der Waals surface area contributed by atoms with Crippen molar-refractivity contribution in [2.75, 3.05) is 16.0 Å². The minimum atomic E-state index is -0.590. The second-order valence-electron chi connectivity index (χ2n) is 5.16. The molecule has 2 rings (SSSR count). The number of halogens is 2. The molecular weight excluding hydrogens is 375 g/mol. The molecule has 8 heteroatoms. The summed E-state index contributed by atoms with van der Waals surface area (Å²) in [6, 6.07) is 13.2. The summed E-state index contributed by atoms with van der Waals surface area (Å²) in [7, 11) is 0. The van der Waals surface area contributed by atoms with E-state index >= 15 is 0 Å². The third-order valence-electron chi connectivity index (χ3n) is 3.13. The van der Waals surface area contributed by atoms with Crippen molar-refractivity contribution in [1.82, 2.24) is 0 Å². The number of carbonyl (C=O) groups is 2. The number of rotatable bonds is 5. The molecule has 3 N–H and O–H groups in total. The van der Waals surface area contributed by atoms with Gasteiger partial charge in [-0.15, -0.1) is 0 Å². The van der Waals surface area contributed by atoms with Crippen molar-refractivity contribution in [3.05, 3.63) is 64.3 Å². The molecule has 0 atom stereocenters. The average molecular weight is 389 g/mol. The average Bonchev–Trinajstić information content (AvgIpc) is 2.59. The van der Waals surface area contributed by atoms with E-state index in [-0.39, 0.29) is 11.5 Å². The van der Waals surface area contributed by atoms with Crippen LogP contribution in [0.2, 0.25) is 10.0 Å². The predicted molar refractivity (Wildman–Crippen MR) is 103 cm³/mol. The van der Waals surface area contributed by atoms with Gasteiger partial charge in [-0.2, -0.15) is 5.26 Å². The molecule has 0 spiro atoms. The Morgan fingerprint density at radius 2 is 1.58 bits per heavy atom. The van der Waals surface area contributed by atoms with Crippen molar-refractivity contribution in [2.45, 2.75) is 6.92 Å². The van der Waals surface area contributed by atoms with Gasteiger partial charge in [0.05, 0.1) is 10.0 Å². The minimum absolute atomic E-state index is 0.123. The molecule has 2 aromatic rings. The highest BCUT2D eigenvalue weighted by Gasteiger charge is 2.10. The molecule has 0 fully saturated rings. The molecule has 2 amide bonds. The fourth-order valence-electron chi connectivity index (χ4n) is 1.93. The van der Waals surface area contributed by atoms with Crippen molar-refractivity contribution < 1.29 is 9.59 Å². The normalized spacial score (nSPS) is 10.6. The van der Waals surface area contributed by atoms with Crippen LogP contribution in [-0.4, -0.2) is 11.8 Å². The molecule has 6 nitrogen and oxygen atoms in total. The topological polar surface area (TPSA) is 94.0 Å². The van der Waals surface area contributed by atoms with Gasteiger partial charge in [0.1, 0.15) is 11.6 Å². The molecule has 0 heterocycles. The third-order valence-corrected chi connectivity index (χ3v) is 3.87. The Labute approximate surface area is 160 Å².